The van der Waals surface area contributed by atoms with Crippen molar-refractivity contribution in [2.24, 2.45) is 5.92 Å². The number of Topliss-reactive ketones (excluding diaryl/α,β-unsaturated/α-hetero) is 1. The van der Waals surface area contributed by atoms with E-state index < -0.39 is 0 Å². The molecule has 4 heteroatoms. The Balaban J connectivity index is 2.82. The average Bonchev–Trinajstić information content (AvgIpc) is 2.30. The maximum atomic E-state index is 13.6. The van der Waals surface area contributed by atoms with Crippen LogP contribution in [0.5, 0.6) is 5.75 Å². The standard InChI is InChI=1S/C13H17FO3/c1-9(16)10(5-6-15)7-11-3-4-12(17-2)8-13(11)14/h3-4,8,10,15H,5-7H2,1-2H3. The van der Waals surface area contributed by atoms with Crippen molar-refractivity contribution in [2.75, 3.05) is 13.7 Å². The normalized spacial score (nSPS) is 12.2. The quantitative estimate of drug-likeness (QED) is 0.826. The van der Waals surface area contributed by atoms with Gasteiger partial charge in [0.05, 0.1) is 7.11 Å². The van der Waals surface area contributed by atoms with Crippen molar-refractivity contribution in [1.29, 1.82) is 0 Å². The Hall–Kier alpha value is -1.42. The van der Waals surface area contributed by atoms with Crippen LogP contribution in [0.2, 0.25) is 0 Å². The Morgan fingerprint density at radius 3 is 2.71 bits per heavy atom. The van der Waals surface area contributed by atoms with Crippen molar-refractivity contribution in [2.45, 2.75) is 19.8 Å². The Bertz CT molecular complexity index is 390. The van der Waals surface area contributed by atoms with Crippen LogP contribution >= 0.6 is 0 Å². The molecule has 0 amide bonds. The third kappa shape index (κ3) is 3.82. The predicted octanol–water partition coefficient (Wildman–Crippen LogP) is 1.96. The summed E-state index contributed by atoms with van der Waals surface area (Å²) < 4.78 is 18.6. The molecule has 0 fully saturated rings. The van der Waals surface area contributed by atoms with Crippen LogP contribution in [0.1, 0.15) is 18.9 Å². The summed E-state index contributed by atoms with van der Waals surface area (Å²) in [6.07, 6.45) is 0.673. The third-order valence-electron chi connectivity index (χ3n) is 2.78. The van der Waals surface area contributed by atoms with Gasteiger partial charge in [0.25, 0.3) is 0 Å². The van der Waals surface area contributed by atoms with E-state index >= 15 is 0 Å². The van der Waals surface area contributed by atoms with E-state index in [0.717, 1.165) is 0 Å². The first-order valence-electron chi connectivity index (χ1n) is 5.52. The first-order chi connectivity index (χ1) is 8.08. The highest BCUT2D eigenvalue weighted by atomic mass is 19.1. The Morgan fingerprint density at radius 2 is 2.24 bits per heavy atom. The lowest BCUT2D eigenvalue weighted by molar-refractivity contribution is -0.121. The van der Waals surface area contributed by atoms with Gasteiger partial charge in [0.2, 0.25) is 0 Å². The molecular weight excluding hydrogens is 223 g/mol. The van der Waals surface area contributed by atoms with Crippen LogP contribution in [0, 0.1) is 11.7 Å². The van der Waals surface area contributed by atoms with Gasteiger partial charge in [-0.3, -0.25) is 4.79 Å². The van der Waals surface area contributed by atoms with Gasteiger partial charge < -0.3 is 9.84 Å². The molecule has 0 radical (unpaired) electrons. The molecule has 3 nitrogen and oxygen atoms in total. The molecule has 94 valence electrons. The molecule has 1 aromatic rings. The highest BCUT2D eigenvalue weighted by Gasteiger charge is 2.16. The molecule has 1 unspecified atom stereocenters. The predicted molar refractivity (Wildman–Crippen MR) is 62.5 cm³/mol. The lowest BCUT2D eigenvalue weighted by Gasteiger charge is -2.13. The lowest BCUT2D eigenvalue weighted by Crippen LogP contribution is -2.16. The zero-order valence-electron chi connectivity index (χ0n) is 10.1. The molecular formula is C13H17FO3. The summed E-state index contributed by atoms with van der Waals surface area (Å²) >= 11 is 0. The summed E-state index contributed by atoms with van der Waals surface area (Å²) in [6.45, 7) is 1.39. The first-order valence-corrected chi connectivity index (χ1v) is 5.52. The second-order valence-electron chi connectivity index (χ2n) is 3.98. The molecule has 0 aromatic heterocycles. The molecule has 0 saturated carbocycles. The summed E-state index contributed by atoms with van der Waals surface area (Å²) in [5, 5.41) is 8.85. The van der Waals surface area contributed by atoms with Crippen LogP contribution in [0.3, 0.4) is 0 Å². The number of hydrogen-bond donors (Lipinski definition) is 1. The summed E-state index contributed by atoms with van der Waals surface area (Å²) in [5.74, 6) is -0.293. The number of ether oxygens (including phenoxy) is 1. The third-order valence-corrected chi connectivity index (χ3v) is 2.78. The minimum atomic E-state index is -0.381. The van der Waals surface area contributed by atoms with E-state index in [2.05, 4.69) is 0 Å². The van der Waals surface area contributed by atoms with Gasteiger partial charge in [-0.15, -0.1) is 0 Å². The number of carbonyl (C=O) groups is 1. The van der Waals surface area contributed by atoms with Crippen molar-refractivity contribution < 1.29 is 19.0 Å². The zero-order valence-corrected chi connectivity index (χ0v) is 10.1. The van der Waals surface area contributed by atoms with E-state index in [4.69, 9.17) is 9.84 Å². The Morgan fingerprint density at radius 1 is 1.53 bits per heavy atom. The zero-order chi connectivity index (χ0) is 12.8. The van der Waals surface area contributed by atoms with Crippen molar-refractivity contribution in [3.8, 4) is 5.75 Å². The van der Waals surface area contributed by atoms with Crippen LogP contribution in [0.15, 0.2) is 18.2 Å². The van der Waals surface area contributed by atoms with Gasteiger partial charge in [-0.2, -0.15) is 0 Å². The van der Waals surface area contributed by atoms with Gasteiger partial charge in [-0.25, -0.2) is 4.39 Å². The fourth-order valence-corrected chi connectivity index (χ4v) is 1.69. The summed E-state index contributed by atoms with van der Waals surface area (Å²) in [4.78, 5) is 11.3. The maximum Gasteiger partial charge on any atom is 0.133 e. The van der Waals surface area contributed by atoms with E-state index in [1.54, 1.807) is 12.1 Å². The number of aliphatic hydroxyl groups excluding tert-OH is 1. The fourth-order valence-electron chi connectivity index (χ4n) is 1.69. The molecule has 0 spiro atoms. The van der Waals surface area contributed by atoms with Crippen molar-refractivity contribution in [3.63, 3.8) is 0 Å². The van der Waals surface area contributed by atoms with E-state index in [9.17, 15) is 9.18 Å². The summed E-state index contributed by atoms with van der Waals surface area (Å²) in [6, 6.07) is 4.57. The van der Waals surface area contributed by atoms with Gasteiger partial charge >= 0.3 is 0 Å². The van der Waals surface area contributed by atoms with Crippen molar-refractivity contribution in [3.05, 3.63) is 29.6 Å². The topological polar surface area (TPSA) is 46.5 Å². The number of halogens is 1. The number of carbonyl (C=O) groups excluding carboxylic acids is 1. The molecule has 0 aliphatic carbocycles. The van der Waals surface area contributed by atoms with Gasteiger partial charge in [-0.05, 0) is 31.4 Å². The number of benzene rings is 1. The number of ketones is 1. The first kappa shape index (κ1) is 13.6. The van der Waals surface area contributed by atoms with Crippen molar-refractivity contribution >= 4 is 5.78 Å². The summed E-state index contributed by atoms with van der Waals surface area (Å²) in [5.41, 5.74) is 0.472. The lowest BCUT2D eigenvalue weighted by atomic mass is 9.93. The number of methoxy groups -OCH3 is 1. The molecule has 1 rings (SSSR count). The maximum absolute atomic E-state index is 13.6. The van der Waals surface area contributed by atoms with Crippen LogP contribution in [-0.2, 0) is 11.2 Å². The fraction of sp³-hybridized carbons (Fsp3) is 0.462. The Labute approximate surface area is 100 Å². The van der Waals surface area contributed by atoms with Crippen molar-refractivity contribution in [1.82, 2.24) is 0 Å². The van der Waals surface area contributed by atoms with Crippen LogP contribution < -0.4 is 4.74 Å². The highest BCUT2D eigenvalue weighted by molar-refractivity contribution is 5.78. The van der Waals surface area contributed by atoms with Crippen LogP contribution in [0.4, 0.5) is 4.39 Å². The molecule has 1 aromatic carbocycles. The van der Waals surface area contributed by atoms with Gasteiger partial charge in [0.1, 0.15) is 17.3 Å². The minimum absolute atomic E-state index is 0.0331. The second-order valence-corrected chi connectivity index (χ2v) is 3.98. The second kappa shape index (κ2) is 6.35. The highest BCUT2D eigenvalue weighted by Crippen LogP contribution is 2.20. The Kier molecular flexibility index (Phi) is 5.10. The number of aliphatic hydroxyl groups is 1. The van der Waals surface area contributed by atoms with E-state index in [1.807, 2.05) is 0 Å². The van der Waals surface area contributed by atoms with Gasteiger partial charge in [0.15, 0.2) is 0 Å². The molecule has 1 N–H and O–H groups in total. The molecule has 0 bridgehead atoms. The van der Waals surface area contributed by atoms with Gasteiger partial charge in [0, 0.05) is 18.6 Å². The number of rotatable bonds is 6. The van der Waals surface area contributed by atoms with Gasteiger partial charge in [-0.1, -0.05) is 6.07 Å². The van der Waals surface area contributed by atoms with E-state index in [-0.39, 0.29) is 24.1 Å². The smallest absolute Gasteiger partial charge is 0.133 e. The van der Waals surface area contributed by atoms with E-state index in [0.29, 0.717) is 24.2 Å². The average molecular weight is 240 g/mol. The molecule has 17 heavy (non-hydrogen) atoms. The van der Waals surface area contributed by atoms with Crippen LogP contribution in [0.25, 0.3) is 0 Å². The SMILES string of the molecule is COc1ccc(CC(CCO)C(C)=O)c(F)c1. The van der Waals surface area contributed by atoms with E-state index in [1.165, 1.54) is 20.1 Å². The molecule has 0 heterocycles. The molecule has 0 aliphatic heterocycles. The minimum Gasteiger partial charge on any atom is -0.497 e. The molecule has 0 saturated heterocycles. The molecule has 0 aliphatic rings. The summed E-state index contributed by atoms with van der Waals surface area (Å²) in [7, 11) is 1.47. The largest absolute Gasteiger partial charge is 0.497 e. The monoisotopic (exact) mass is 240 g/mol. The van der Waals surface area contributed by atoms with Crippen LogP contribution in [-0.4, -0.2) is 24.6 Å². The number of hydrogen-bond acceptors (Lipinski definition) is 3. The molecule has 1 atom stereocenters.